The fourth-order valence-corrected chi connectivity index (χ4v) is 1.09. The smallest absolute Gasteiger partial charge is 0.275 e. The van der Waals surface area contributed by atoms with Gasteiger partial charge in [0.15, 0.2) is 0 Å². The maximum atomic E-state index is 13.1. The molecule has 0 amide bonds. The Hall–Kier alpha value is -0.740. The van der Waals surface area contributed by atoms with E-state index in [0.717, 1.165) is 6.07 Å². The van der Waals surface area contributed by atoms with Crippen molar-refractivity contribution in [2.24, 2.45) is 0 Å². The minimum atomic E-state index is -3.04. The molecule has 0 saturated carbocycles. The van der Waals surface area contributed by atoms with E-state index in [1.54, 1.807) is 0 Å². The number of pyridine rings is 1. The van der Waals surface area contributed by atoms with Gasteiger partial charge in [0.25, 0.3) is 5.92 Å². The van der Waals surface area contributed by atoms with Gasteiger partial charge in [-0.3, -0.25) is 0 Å². The van der Waals surface area contributed by atoms with Crippen LogP contribution in [0.3, 0.4) is 0 Å². The molecule has 1 aromatic heterocycles. The first-order chi connectivity index (χ1) is 6.06. The van der Waals surface area contributed by atoms with Crippen LogP contribution in [0.4, 0.5) is 8.78 Å². The molecule has 0 aliphatic carbocycles. The van der Waals surface area contributed by atoms with Crippen molar-refractivity contribution in [3.05, 3.63) is 29.0 Å². The van der Waals surface area contributed by atoms with E-state index in [-0.39, 0.29) is 10.7 Å². The Bertz CT molecular complexity index is 293. The van der Waals surface area contributed by atoms with Crippen molar-refractivity contribution in [2.75, 3.05) is 6.61 Å². The Morgan fingerprint density at radius 1 is 1.54 bits per heavy atom. The summed E-state index contributed by atoms with van der Waals surface area (Å²) in [7, 11) is 0. The van der Waals surface area contributed by atoms with Gasteiger partial charge in [-0.15, -0.1) is 0 Å². The SMILES string of the molecule is OCCC(F)(F)c1ccnc(Cl)c1. The molecule has 1 heterocycles. The maximum absolute atomic E-state index is 13.1. The van der Waals surface area contributed by atoms with Crippen LogP contribution < -0.4 is 0 Å². The Labute approximate surface area is 79.2 Å². The average Bonchev–Trinajstić information content (AvgIpc) is 2.04. The summed E-state index contributed by atoms with van der Waals surface area (Å²) >= 11 is 5.44. The van der Waals surface area contributed by atoms with Gasteiger partial charge >= 0.3 is 0 Å². The van der Waals surface area contributed by atoms with E-state index in [1.807, 2.05) is 0 Å². The highest BCUT2D eigenvalue weighted by Gasteiger charge is 2.30. The predicted octanol–water partition coefficient (Wildman–Crippen LogP) is 2.21. The van der Waals surface area contributed by atoms with Crippen LogP contribution >= 0.6 is 11.6 Å². The molecular formula is C8H8ClF2NO. The van der Waals surface area contributed by atoms with E-state index in [4.69, 9.17) is 16.7 Å². The number of rotatable bonds is 3. The van der Waals surface area contributed by atoms with Crippen LogP contribution in [0.2, 0.25) is 5.15 Å². The van der Waals surface area contributed by atoms with Crippen LogP contribution in [0.25, 0.3) is 0 Å². The second-order valence-corrected chi connectivity index (χ2v) is 2.93. The van der Waals surface area contributed by atoms with Gasteiger partial charge in [0.1, 0.15) is 5.15 Å². The maximum Gasteiger partial charge on any atom is 0.275 e. The zero-order chi connectivity index (χ0) is 9.90. The summed E-state index contributed by atoms with van der Waals surface area (Å²) in [5.41, 5.74) is -0.221. The van der Waals surface area contributed by atoms with Crippen molar-refractivity contribution in [3.8, 4) is 0 Å². The largest absolute Gasteiger partial charge is 0.396 e. The van der Waals surface area contributed by atoms with Gasteiger partial charge in [0.05, 0.1) is 0 Å². The van der Waals surface area contributed by atoms with Crippen molar-refractivity contribution in [1.29, 1.82) is 0 Å². The number of nitrogens with zero attached hydrogens (tertiary/aromatic N) is 1. The van der Waals surface area contributed by atoms with Crippen molar-refractivity contribution in [2.45, 2.75) is 12.3 Å². The van der Waals surface area contributed by atoms with Gasteiger partial charge in [0.2, 0.25) is 0 Å². The molecule has 1 rings (SSSR count). The number of hydrogen-bond acceptors (Lipinski definition) is 2. The molecule has 0 bridgehead atoms. The molecule has 0 atom stereocenters. The second-order valence-electron chi connectivity index (χ2n) is 2.55. The monoisotopic (exact) mass is 207 g/mol. The fourth-order valence-electron chi connectivity index (χ4n) is 0.915. The highest BCUT2D eigenvalue weighted by atomic mass is 35.5. The van der Waals surface area contributed by atoms with E-state index in [1.165, 1.54) is 12.3 Å². The van der Waals surface area contributed by atoms with Crippen LogP contribution in [0.1, 0.15) is 12.0 Å². The third-order valence-electron chi connectivity index (χ3n) is 1.57. The zero-order valence-electron chi connectivity index (χ0n) is 6.67. The fraction of sp³-hybridized carbons (Fsp3) is 0.375. The molecule has 72 valence electrons. The molecule has 2 nitrogen and oxygen atoms in total. The van der Waals surface area contributed by atoms with Crippen molar-refractivity contribution in [1.82, 2.24) is 4.98 Å². The van der Waals surface area contributed by atoms with Crippen LogP contribution in [-0.2, 0) is 5.92 Å². The van der Waals surface area contributed by atoms with Gasteiger partial charge in [-0.25, -0.2) is 13.8 Å². The van der Waals surface area contributed by atoms with E-state index in [0.29, 0.717) is 0 Å². The van der Waals surface area contributed by atoms with Gasteiger partial charge in [0, 0.05) is 24.8 Å². The number of aliphatic hydroxyl groups is 1. The lowest BCUT2D eigenvalue weighted by atomic mass is 10.1. The summed E-state index contributed by atoms with van der Waals surface area (Å²) in [4.78, 5) is 3.58. The minimum Gasteiger partial charge on any atom is -0.396 e. The van der Waals surface area contributed by atoms with E-state index in [9.17, 15) is 8.78 Å². The van der Waals surface area contributed by atoms with Gasteiger partial charge in [-0.05, 0) is 12.1 Å². The average molecular weight is 208 g/mol. The lowest BCUT2D eigenvalue weighted by Crippen LogP contribution is -2.15. The molecule has 0 radical (unpaired) electrons. The van der Waals surface area contributed by atoms with E-state index in [2.05, 4.69) is 4.98 Å². The summed E-state index contributed by atoms with van der Waals surface area (Å²) in [5, 5.41) is 8.43. The van der Waals surface area contributed by atoms with E-state index < -0.39 is 19.0 Å². The third kappa shape index (κ3) is 2.60. The van der Waals surface area contributed by atoms with Crippen LogP contribution in [-0.4, -0.2) is 16.7 Å². The molecule has 1 aromatic rings. The lowest BCUT2D eigenvalue weighted by molar-refractivity contribution is -0.0270. The lowest BCUT2D eigenvalue weighted by Gasteiger charge is -2.14. The highest BCUT2D eigenvalue weighted by molar-refractivity contribution is 6.29. The Balaban J connectivity index is 2.93. The highest BCUT2D eigenvalue weighted by Crippen LogP contribution is 2.31. The van der Waals surface area contributed by atoms with Crippen molar-refractivity contribution in [3.63, 3.8) is 0 Å². The topological polar surface area (TPSA) is 33.1 Å². The first kappa shape index (κ1) is 10.3. The number of halogens is 3. The molecule has 5 heteroatoms. The molecule has 13 heavy (non-hydrogen) atoms. The van der Waals surface area contributed by atoms with Crippen molar-refractivity contribution < 1.29 is 13.9 Å². The number of aromatic nitrogens is 1. The molecule has 0 aliphatic rings. The van der Waals surface area contributed by atoms with Crippen LogP contribution in [0.15, 0.2) is 18.3 Å². The van der Waals surface area contributed by atoms with Crippen LogP contribution in [0.5, 0.6) is 0 Å². The number of aliphatic hydroxyl groups excluding tert-OH is 1. The summed E-state index contributed by atoms with van der Waals surface area (Å²) in [6.07, 6.45) is 0.607. The molecule has 1 N–H and O–H groups in total. The zero-order valence-corrected chi connectivity index (χ0v) is 7.43. The van der Waals surface area contributed by atoms with E-state index >= 15 is 0 Å². The number of hydrogen-bond donors (Lipinski definition) is 1. The first-order valence-corrected chi connectivity index (χ1v) is 4.05. The third-order valence-corrected chi connectivity index (χ3v) is 1.78. The molecule has 0 unspecified atom stereocenters. The number of alkyl halides is 2. The van der Waals surface area contributed by atoms with Gasteiger partial charge < -0.3 is 5.11 Å². The normalized spacial score (nSPS) is 11.7. The molecule has 0 aromatic carbocycles. The standard InChI is InChI=1S/C8H8ClF2NO/c9-7-5-6(1-3-12-7)8(10,11)2-4-13/h1,3,5,13H,2,4H2. The first-order valence-electron chi connectivity index (χ1n) is 3.67. The summed E-state index contributed by atoms with van der Waals surface area (Å²) in [5.74, 6) is -3.04. The molecule has 0 spiro atoms. The molecule has 0 saturated heterocycles. The minimum absolute atomic E-state index is 0.0233. The van der Waals surface area contributed by atoms with Gasteiger partial charge in [-0.1, -0.05) is 11.6 Å². The Morgan fingerprint density at radius 2 is 2.23 bits per heavy atom. The van der Waals surface area contributed by atoms with Gasteiger partial charge in [-0.2, -0.15) is 0 Å². The summed E-state index contributed by atoms with van der Waals surface area (Å²) in [6, 6.07) is 2.28. The van der Waals surface area contributed by atoms with Crippen LogP contribution in [0, 0.1) is 0 Å². The Morgan fingerprint density at radius 3 is 2.77 bits per heavy atom. The Kier molecular flexibility index (Phi) is 3.17. The quantitative estimate of drug-likeness (QED) is 0.771. The van der Waals surface area contributed by atoms with Crippen molar-refractivity contribution >= 4 is 11.6 Å². The summed E-state index contributed by atoms with van der Waals surface area (Å²) < 4.78 is 26.2. The second kappa shape index (κ2) is 3.98. The summed E-state index contributed by atoms with van der Waals surface area (Å²) in [6.45, 7) is -0.563. The molecule has 0 fully saturated rings. The molecular weight excluding hydrogens is 200 g/mol. The molecule has 0 aliphatic heterocycles. The predicted molar refractivity (Wildman–Crippen MR) is 44.8 cm³/mol.